The molecule has 0 aromatic heterocycles. The molecule has 4 N–H and O–H groups in total. The van der Waals surface area contributed by atoms with Crippen LogP contribution in [0, 0.1) is 0 Å². The maximum atomic E-state index is 12.0. The van der Waals surface area contributed by atoms with Gasteiger partial charge in [-0.05, 0) is 36.5 Å². The molecule has 0 radical (unpaired) electrons. The summed E-state index contributed by atoms with van der Waals surface area (Å²) in [6.07, 6.45) is 0. The van der Waals surface area contributed by atoms with Crippen LogP contribution < -0.4 is 16.2 Å². The lowest BCUT2D eigenvalue weighted by atomic mass is 10.2. The summed E-state index contributed by atoms with van der Waals surface area (Å²) < 4.78 is 0. The Labute approximate surface area is 142 Å². The lowest BCUT2D eigenvalue weighted by Crippen LogP contribution is -2.43. The molecule has 1 amide bonds. The van der Waals surface area contributed by atoms with Gasteiger partial charge in [-0.1, -0.05) is 41.4 Å². The minimum absolute atomic E-state index is 0.0114. The molecule has 0 heterocycles. The number of hydrogen-bond acceptors (Lipinski definition) is 3. The summed E-state index contributed by atoms with van der Waals surface area (Å²) in [5, 5.41) is 12.5. The van der Waals surface area contributed by atoms with Gasteiger partial charge in [0.05, 0.1) is 10.0 Å². The molecule has 8 heteroatoms. The Balaban J connectivity index is 1.94. The zero-order valence-corrected chi connectivity index (χ0v) is 13.4. The first kappa shape index (κ1) is 16.4. The molecule has 5 nitrogen and oxygen atoms in total. The summed E-state index contributed by atoms with van der Waals surface area (Å²) in [5.74, 6) is -0.768. The molecular formula is C14H11Cl2N3O2S. The number of rotatable bonds is 2. The highest BCUT2D eigenvalue weighted by Crippen LogP contribution is 2.32. The van der Waals surface area contributed by atoms with Crippen molar-refractivity contribution in [1.29, 1.82) is 0 Å². The molecule has 0 unspecified atom stereocenters. The van der Waals surface area contributed by atoms with E-state index in [9.17, 15) is 9.90 Å². The van der Waals surface area contributed by atoms with Gasteiger partial charge in [-0.15, -0.1) is 0 Å². The van der Waals surface area contributed by atoms with Gasteiger partial charge in [-0.3, -0.25) is 15.6 Å². The highest BCUT2D eigenvalue weighted by Gasteiger charge is 2.12. The molecule has 0 atom stereocenters. The molecule has 0 aliphatic carbocycles. The van der Waals surface area contributed by atoms with Gasteiger partial charge < -0.3 is 10.4 Å². The maximum absolute atomic E-state index is 12.0. The average Bonchev–Trinajstić information content (AvgIpc) is 2.50. The molecule has 0 fully saturated rings. The van der Waals surface area contributed by atoms with Crippen LogP contribution in [0.15, 0.2) is 42.5 Å². The van der Waals surface area contributed by atoms with E-state index in [1.165, 1.54) is 12.1 Å². The number of amides is 1. The second-order valence-corrected chi connectivity index (χ2v) is 5.41. The van der Waals surface area contributed by atoms with Crippen LogP contribution in [0.25, 0.3) is 0 Å². The second-order valence-electron chi connectivity index (χ2n) is 4.19. The monoisotopic (exact) mass is 355 g/mol. The Morgan fingerprint density at radius 1 is 1.05 bits per heavy atom. The fourth-order valence-electron chi connectivity index (χ4n) is 1.57. The minimum Gasteiger partial charge on any atom is -0.505 e. The van der Waals surface area contributed by atoms with Gasteiger partial charge in [0.15, 0.2) is 10.9 Å². The summed E-state index contributed by atoms with van der Waals surface area (Å²) in [4.78, 5) is 12.0. The first-order chi connectivity index (χ1) is 10.5. The predicted octanol–water partition coefficient (Wildman–Crippen LogP) is 3.33. The lowest BCUT2D eigenvalue weighted by Gasteiger charge is -2.12. The first-order valence-corrected chi connectivity index (χ1v) is 7.24. The van der Waals surface area contributed by atoms with Gasteiger partial charge in [0.1, 0.15) is 0 Å². The van der Waals surface area contributed by atoms with E-state index < -0.39 is 5.91 Å². The molecule has 0 aliphatic rings. The number of phenols is 1. The SMILES string of the molecule is O=C(NNC(=S)Nc1ccccc1)c1cc(Cl)c(O)c(Cl)c1. The molecule has 0 bridgehead atoms. The van der Waals surface area contributed by atoms with Crippen LogP contribution in [-0.4, -0.2) is 16.1 Å². The second kappa shape index (κ2) is 7.31. The third kappa shape index (κ3) is 4.24. The number of anilines is 1. The molecule has 0 spiro atoms. The lowest BCUT2D eigenvalue weighted by molar-refractivity contribution is 0.0944. The standard InChI is InChI=1S/C14H11Cl2N3O2S/c15-10-6-8(7-11(16)12(10)20)13(21)18-19-14(22)17-9-4-2-1-3-5-9/h1-7,20H,(H,18,21)(H2,17,19,22). The van der Waals surface area contributed by atoms with Crippen LogP contribution in [-0.2, 0) is 0 Å². The number of benzene rings is 2. The Hall–Kier alpha value is -2.02. The Kier molecular flexibility index (Phi) is 5.43. The number of nitrogens with one attached hydrogen (secondary N) is 3. The molecule has 0 saturated heterocycles. The minimum atomic E-state index is -0.499. The highest BCUT2D eigenvalue weighted by atomic mass is 35.5. The quantitative estimate of drug-likeness (QED) is 0.491. The molecular weight excluding hydrogens is 345 g/mol. The third-order valence-corrected chi connectivity index (χ3v) is 3.38. The van der Waals surface area contributed by atoms with Gasteiger partial charge >= 0.3 is 0 Å². The first-order valence-electron chi connectivity index (χ1n) is 6.08. The molecule has 0 aliphatic heterocycles. The van der Waals surface area contributed by atoms with Crippen LogP contribution in [0.5, 0.6) is 5.75 Å². The van der Waals surface area contributed by atoms with Gasteiger partial charge in [-0.25, -0.2) is 0 Å². The number of phenolic OH excluding ortho intramolecular Hbond substituents is 1. The van der Waals surface area contributed by atoms with Gasteiger partial charge in [0.2, 0.25) is 0 Å². The average molecular weight is 356 g/mol. The normalized spacial score (nSPS) is 9.91. The number of hydrazine groups is 1. The van der Waals surface area contributed by atoms with Crippen LogP contribution in [0.2, 0.25) is 10.0 Å². The molecule has 0 saturated carbocycles. The van der Waals surface area contributed by atoms with Crippen LogP contribution in [0.4, 0.5) is 5.69 Å². The van der Waals surface area contributed by atoms with Crippen molar-refractivity contribution >= 4 is 52.1 Å². The van der Waals surface area contributed by atoms with Crippen LogP contribution in [0.3, 0.4) is 0 Å². The number of carbonyl (C=O) groups is 1. The Bertz CT molecular complexity index is 687. The number of halogens is 2. The van der Waals surface area contributed by atoms with E-state index in [1.807, 2.05) is 30.3 Å². The van der Waals surface area contributed by atoms with E-state index >= 15 is 0 Å². The van der Waals surface area contributed by atoms with Crippen molar-refractivity contribution in [3.05, 3.63) is 58.1 Å². The van der Waals surface area contributed by atoms with E-state index in [0.717, 1.165) is 5.69 Å². The fourth-order valence-corrected chi connectivity index (χ4v) is 2.22. The molecule has 114 valence electrons. The van der Waals surface area contributed by atoms with E-state index in [-0.39, 0.29) is 26.5 Å². The summed E-state index contributed by atoms with van der Waals surface area (Å²) >= 11 is 16.6. The van der Waals surface area contributed by atoms with Crippen molar-refractivity contribution in [2.45, 2.75) is 0 Å². The number of para-hydroxylation sites is 1. The molecule has 2 aromatic rings. The predicted molar refractivity (Wildman–Crippen MR) is 91.4 cm³/mol. The molecule has 2 aromatic carbocycles. The third-order valence-electron chi connectivity index (χ3n) is 2.60. The van der Waals surface area contributed by atoms with Gasteiger partial charge in [0.25, 0.3) is 5.91 Å². The van der Waals surface area contributed by atoms with Crippen LogP contribution >= 0.6 is 35.4 Å². The van der Waals surface area contributed by atoms with Crippen molar-refractivity contribution in [3.8, 4) is 5.75 Å². The smallest absolute Gasteiger partial charge is 0.269 e. The van der Waals surface area contributed by atoms with E-state index in [1.54, 1.807) is 0 Å². The highest BCUT2D eigenvalue weighted by molar-refractivity contribution is 7.80. The zero-order valence-electron chi connectivity index (χ0n) is 11.1. The van der Waals surface area contributed by atoms with Crippen molar-refractivity contribution in [3.63, 3.8) is 0 Å². The number of aromatic hydroxyl groups is 1. The Morgan fingerprint density at radius 2 is 1.64 bits per heavy atom. The van der Waals surface area contributed by atoms with Crippen molar-refractivity contribution in [2.24, 2.45) is 0 Å². The fraction of sp³-hybridized carbons (Fsp3) is 0. The zero-order chi connectivity index (χ0) is 16.1. The van der Waals surface area contributed by atoms with E-state index in [4.69, 9.17) is 35.4 Å². The van der Waals surface area contributed by atoms with E-state index in [2.05, 4.69) is 16.2 Å². The van der Waals surface area contributed by atoms with E-state index in [0.29, 0.717) is 0 Å². The largest absolute Gasteiger partial charge is 0.505 e. The number of hydrogen-bond donors (Lipinski definition) is 4. The van der Waals surface area contributed by atoms with Crippen molar-refractivity contribution < 1.29 is 9.90 Å². The topological polar surface area (TPSA) is 73.4 Å². The Morgan fingerprint density at radius 3 is 2.23 bits per heavy atom. The number of carbonyl (C=O) groups excluding carboxylic acids is 1. The maximum Gasteiger partial charge on any atom is 0.269 e. The summed E-state index contributed by atoms with van der Waals surface area (Å²) in [7, 11) is 0. The van der Waals surface area contributed by atoms with Gasteiger partial charge in [-0.2, -0.15) is 0 Å². The molecule has 2 rings (SSSR count). The molecule has 22 heavy (non-hydrogen) atoms. The summed E-state index contributed by atoms with van der Waals surface area (Å²) in [5.41, 5.74) is 5.92. The number of thiocarbonyl (C=S) groups is 1. The van der Waals surface area contributed by atoms with Crippen molar-refractivity contribution in [1.82, 2.24) is 10.9 Å². The summed E-state index contributed by atoms with van der Waals surface area (Å²) in [6.45, 7) is 0. The summed E-state index contributed by atoms with van der Waals surface area (Å²) in [6, 6.07) is 11.8. The van der Waals surface area contributed by atoms with Crippen LogP contribution in [0.1, 0.15) is 10.4 Å². The van der Waals surface area contributed by atoms with Gasteiger partial charge in [0, 0.05) is 11.3 Å². The van der Waals surface area contributed by atoms with Crippen molar-refractivity contribution in [2.75, 3.05) is 5.32 Å².